The van der Waals surface area contributed by atoms with Crippen LogP contribution in [0.25, 0.3) is 31.7 Å². The van der Waals surface area contributed by atoms with Crippen LogP contribution in [0.5, 0.6) is 0 Å². The van der Waals surface area contributed by atoms with Crippen LogP contribution in [0.1, 0.15) is 296 Å². The van der Waals surface area contributed by atoms with E-state index in [-0.39, 0.29) is 0 Å². The van der Waals surface area contributed by atoms with Crippen LogP contribution in [0, 0.1) is 11.8 Å². The Morgan fingerprint density at radius 2 is 0.557 bits per heavy atom. The van der Waals surface area contributed by atoms with Gasteiger partial charge in [-0.2, -0.15) is 0 Å². The minimum Gasteiger partial charge on any atom is -0.128 e. The quantitative estimate of drug-likeness (QED) is 0.0387. The molecule has 0 saturated heterocycles. The summed E-state index contributed by atoms with van der Waals surface area (Å²) in [5.41, 5.74) is 5.79. The zero-order chi connectivity index (χ0) is 49.7. The number of hydrogen-bond acceptors (Lipinski definition) is 2. The van der Waals surface area contributed by atoms with E-state index in [1.807, 2.05) is 22.7 Å². The SMILES string of the molecule is CCCCCCCCCCCCC(CCCCCCCCCC)Cc1cc(-c2ccc3cc(-c4cc(CC(CCCCCCCCCC)CCCCCCCCCCCC)c(Br)s4)ccc3c2)sc1Br. The summed E-state index contributed by atoms with van der Waals surface area (Å²) in [4.78, 5) is 2.81. The zero-order valence-electron chi connectivity index (χ0n) is 46.0. The molecule has 2 unspecified atom stereocenters. The lowest BCUT2D eigenvalue weighted by molar-refractivity contribution is 0.400. The van der Waals surface area contributed by atoms with E-state index < -0.39 is 0 Å². The van der Waals surface area contributed by atoms with Gasteiger partial charge in [0.05, 0.1) is 7.57 Å². The van der Waals surface area contributed by atoms with Crippen LogP contribution in [0.2, 0.25) is 0 Å². The van der Waals surface area contributed by atoms with Crippen molar-refractivity contribution in [3.8, 4) is 20.9 Å². The third-order valence-corrected chi connectivity index (χ3v) is 19.8. The molecule has 2 atom stereocenters. The van der Waals surface area contributed by atoms with Crippen molar-refractivity contribution in [2.24, 2.45) is 11.8 Å². The molecule has 2 heterocycles. The van der Waals surface area contributed by atoms with Crippen molar-refractivity contribution in [2.45, 2.75) is 297 Å². The highest BCUT2D eigenvalue weighted by molar-refractivity contribution is 9.11. The average Bonchev–Trinajstić information content (AvgIpc) is 3.93. The normalized spacial score (nSPS) is 12.7. The van der Waals surface area contributed by atoms with E-state index in [1.165, 1.54) is 320 Å². The summed E-state index contributed by atoms with van der Waals surface area (Å²) in [5.74, 6) is 1.59. The third-order valence-electron chi connectivity index (χ3n) is 15.8. The Hall–Kier alpha value is -0.940. The molecule has 0 spiro atoms. The Morgan fingerprint density at radius 3 is 0.814 bits per heavy atom. The first-order valence-corrected chi connectivity index (χ1v) is 33.8. The fourth-order valence-corrected chi connectivity index (χ4v) is 14.6. The summed E-state index contributed by atoms with van der Waals surface area (Å²) < 4.78 is 2.70. The Morgan fingerprint density at radius 1 is 0.314 bits per heavy atom. The maximum Gasteiger partial charge on any atom is 0.0737 e. The van der Waals surface area contributed by atoms with E-state index in [4.69, 9.17) is 0 Å². The molecule has 0 radical (unpaired) electrons. The molecule has 2 aromatic carbocycles. The Labute approximate surface area is 459 Å². The molecule has 0 amide bonds. The summed E-state index contributed by atoms with van der Waals surface area (Å²) >= 11 is 12.1. The highest BCUT2D eigenvalue weighted by Gasteiger charge is 2.18. The minimum atomic E-state index is 0.797. The molecule has 0 saturated carbocycles. The van der Waals surface area contributed by atoms with Gasteiger partial charge in [0.2, 0.25) is 0 Å². The summed E-state index contributed by atoms with van der Waals surface area (Å²) in [6.07, 6.45) is 59.1. The van der Waals surface area contributed by atoms with E-state index in [0.717, 1.165) is 11.8 Å². The van der Waals surface area contributed by atoms with Gasteiger partial charge in [0.15, 0.2) is 0 Å². The van der Waals surface area contributed by atoms with Crippen molar-refractivity contribution < 1.29 is 0 Å². The molecule has 0 aliphatic heterocycles. The molecule has 4 rings (SSSR count). The minimum absolute atomic E-state index is 0.797. The number of unbranched alkanes of at least 4 members (excludes halogenated alkanes) is 32. The molecule has 396 valence electrons. The first kappa shape index (κ1) is 61.6. The molecular formula is C66H106Br2S2. The Balaban J connectivity index is 1.34. The predicted octanol–water partition coefficient (Wildman–Crippen LogP) is 25.8. The molecule has 70 heavy (non-hydrogen) atoms. The number of halogens is 2. The van der Waals surface area contributed by atoms with Gasteiger partial charge >= 0.3 is 0 Å². The second-order valence-corrected chi connectivity index (χ2v) is 26.9. The van der Waals surface area contributed by atoms with Gasteiger partial charge in [-0.1, -0.05) is 309 Å². The number of fused-ring (bicyclic) bond motifs is 1. The van der Waals surface area contributed by atoms with Crippen LogP contribution < -0.4 is 0 Å². The van der Waals surface area contributed by atoms with Crippen molar-refractivity contribution in [3.63, 3.8) is 0 Å². The van der Waals surface area contributed by atoms with Gasteiger partial charge in [0, 0.05) is 9.75 Å². The largest absolute Gasteiger partial charge is 0.128 e. The van der Waals surface area contributed by atoms with Crippen molar-refractivity contribution in [1.82, 2.24) is 0 Å². The lowest BCUT2D eigenvalue weighted by Crippen LogP contribution is -2.05. The second kappa shape index (κ2) is 40.4. The molecular weight excluding hydrogens is 1020 g/mol. The van der Waals surface area contributed by atoms with Gasteiger partial charge < -0.3 is 0 Å². The maximum atomic E-state index is 4.08. The first-order valence-electron chi connectivity index (χ1n) is 30.6. The number of hydrogen-bond donors (Lipinski definition) is 0. The van der Waals surface area contributed by atoms with Crippen LogP contribution in [-0.2, 0) is 12.8 Å². The van der Waals surface area contributed by atoms with Gasteiger partial charge in [-0.3, -0.25) is 0 Å². The Bertz CT molecular complexity index is 1720. The Kier molecular flexibility index (Phi) is 35.5. The lowest BCUT2D eigenvalue weighted by Gasteiger charge is -2.17. The highest BCUT2D eigenvalue weighted by Crippen LogP contribution is 2.41. The summed E-state index contributed by atoms with van der Waals surface area (Å²) in [6.45, 7) is 9.29. The fraction of sp³-hybridized carbons (Fsp3) is 0.727. The standard InChI is InChI=1S/C66H106Br2S2/c1-5-9-13-17-21-25-27-31-35-39-43-55(41-37-33-29-23-19-15-11-7-3)49-61-53-63(69-65(61)67)59-47-45-58-52-60(48-46-57(58)51-59)64-54-62(66(68)70-64)50-56(42-38-34-30-24-20-16-12-8-4)44-40-36-32-28-26-22-18-14-10-6-2/h45-48,51-56H,5-44,49-50H2,1-4H3. The van der Waals surface area contributed by atoms with Crippen molar-refractivity contribution in [3.05, 3.63) is 67.2 Å². The summed E-state index contributed by atoms with van der Waals surface area (Å²) in [6, 6.07) is 19.5. The smallest absolute Gasteiger partial charge is 0.0737 e. The average molecular weight is 1120 g/mol. The van der Waals surface area contributed by atoms with Crippen LogP contribution in [0.4, 0.5) is 0 Å². The molecule has 2 aromatic heterocycles. The molecule has 0 aliphatic rings. The number of rotatable bonds is 46. The number of benzene rings is 2. The predicted molar refractivity (Wildman–Crippen MR) is 328 cm³/mol. The van der Waals surface area contributed by atoms with E-state index >= 15 is 0 Å². The van der Waals surface area contributed by atoms with Gasteiger partial charge in [0.1, 0.15) is 0 Å². The van der Waals surface area contributed by atoms with E-state index in [2.05, 4.69) is 108 Å². The molecule has 0 bridgehead atoms. The molecule has 0 fully saturated rings. The third kappa shape index (κ3) is 26.5. The molecule has 0 aliphatic carbocycles. The van der Waals surface area contributed by atoms with Crippen LogP contribution in [0.3, 0.4) is 0 Å². The van der Waals surface area contributed by atoms with Crippen LogP contribution in [0.15, 0.2) is 56.1 Å². The van der Waals surface area contributed by atoms with Gasteiger partial charge in [-0.25, -0.2) is 0 Å². The topological polar surface area (TPSA) is 0 Å². The summed E-state index contributed by atoms with van der Waals surface area (Å²) in [7, 11) is 0. The maximum absolute atomic E-state index is 4.08. The fourth-order valence-electron chi connectivity index (χ4n) is 11.2. The summed E-state index contributed by atoms with van der Waals surface area (Å²) in [5, 5.41) is 2.69. The molecule has 4 heteroatoms. The first-order chi connectivity index (χ1) is 34.4. The second-order valence-electron chi connectivity index (χ2n) is 22.2. The van der Waals surface area contributed by atoms with E-state index in [9.17, 15) is 0 Å². The monoisotopic (exact) mass is 1120 g/mol. The lowest BCUT2D eigenvalue weighted by atomic mass is 9.89. The van der Waals surface area contributed by atoms with Crippen LogP contribution >= 0.6 is 54.5 Å². The van der Waals surface area contributed by atoms with Crippen molar-refractivity contribution >= 4 is 65.3 Å². The van der Waals surface area contributed by atoms with Gasteiger partial charge in [0.25, 0.3) is 0 Å². The van der Waals surface area contributed by atoms with Crippen molar-refractivity contribution in [2.75, 3.05) is 0 Å². The van der Waals surface area contributed by atoms with E-state index in [0.29, 0.717) is 0 Å². The van der Waals surface area contributed by atoms with Gasteiger partial charge in [-0.15, -0.1) is 22.7 Å². The highest BCUT2D eigenvalue weighted by atomic mass is 79.9. The van der Waals surface area contributed by atoms with Crippen molar-refractivity contribution in [1.29, 1.82) is 0 Å². The molecule has 0 N–H and O–H groups in total. The number of thiophene rings is 2. The van der Waals surface area contributed by atoms with Gasteiger partial charge in [-0.05, 0) is 114 Å². The zero-order valence-corrected chi connectivity index (χ0v) is 50.8. The molecule has 0 nitrogen and oxygen atoms in total. The van der Waals surface area contributed by atoms with E-state index in [1.54, 1.807) is 0 Å². The van der Waals surface area contributed by atoms with Crippen LogP contribution in [-0.4, -0.2) is 0 Å². The molecule has 4 aromatic rings.